The maximum atomic E-state index is 12.0. The first-order chi connectivity index (χ1) is 9.40. The van der Waals surface area contributed by atoms with E-state index in [2.05, 4.69) is 15.5 Å². The van der Waals surface area contributed by atoms with Gasteiger partial charge in [0.1, 0.15) is 5.02 Å². The number of nitro benzene ring substituents is 1. The van der Waals surface area contributed by atoms with Crippen molar-refractivity contribution in [2.75, 3.05) is 5.32 Å². The van der Waals surface area contributed by atoms with Gasteiger partial charge >= 0.3 is 0 Å². The summed E-state index contributed by atoms with van der Waals surface area (Å²) in [5, 5.41) is 19.8. The van der Waals surface area contributed by atoms with Crippen LogP contribution in [0.5, 0.6) is 0 Å². The van der Waals surface area contributed by atoms with Crippen molar-refractivity contribution in [1.29, 1.82) is 0 Å². The van der Waals surface area contributed by atoms with Crippen LogP contribution in [0.4, 0.5) is 11.4 Å². The Labute approximate surface area is 119 Å². The molecule has 1 amide bonds. The van der Waals surface area contributed by atoms with Gasteiger partial charge in [0.05, 0.1) is 16.7 Å². The van der Waals surface area contributed by atoms with E-state index in [0.717, 1.165) is 0 Å². The van der Waals surface area contributed by atoms with Crippen molar-refractivity contribution in [2.45, 2.75) is 13.8 Å². The van der Waals surface area contributed by atoms with Gasteiger partial charge in [0.25, 0.3) is 11.6 Å². The number of nitrogens with one attached hydrogen (secondary N) is 2. The third-order valence-electron chi connectivity index (χ3n) is 2.81. The largest absolute Gasteiger partial charge is 0.322 e. The van der Waals surface area contributed by atoms with E-state index in [1.165, 1.54) is 18.3 Å². The van der Waals surface area contributed by atoms with Crippen molar-refractivity contribution in [3.8, 4) is 0 Å². The Morgan fingerprint density at radius 2 is 2.15 bits per heavy atom. The van der Waals surface area contributed by atoms with E-state index in [0.29, 0.717) is 22.5 Å². The second-order valence-electron chi connectivity index (χ2n) is 4.24. The fourth-order valence-electron chi connectivity index (χ4n) is 1.71. The van der Waals surface area contributed by atoms with Gasteiger partial charge in [0.15, 0.2) is 0 Å². The summed E-state index contributed by atoms with van der Waals surface area (Å²) in [5.74, 6) is -0.357. The Hall–Kier alpha value is -2.41. The molecule has 0 unspecified atom stereocenters. The number of amides is 1. The molecule has 0 saturated carbocycles. The molecule has 0 bridgehead atoms. The molecule has 2 rings (SSSR count). The number of aryl methyl sites for hydroxylation is 2. The maximum Gasteiger partial charge on any atom is 0.288 e. The molecule has 1 heterocycles. The standard InChI is InChI=1S/C12H11ClN4O3/c1-6-3-11(17(19)20)9(13)4-10(6)15-12(18)8-5-14-16-7(8)2/h3-5H,1-2H3,(H,14,16)(H,15,18). The molecule has 8 heteroatoms. The molecule has 0 aliphatic carbocycles. The average Bonchev–Trinajstić information content (AvgIpc) is 2.79. The second kappa shape index (κ2) is 5.30. The van der Waals surface area contributed by atoms with E-state index in [1.54, 1.807) is 13.8 Å². The first kappa shape index (κ1) is 14.0. The fraction of sp³-hybridized carbons (Fsp3) is 0.167. The monoisotopic (exact) mass is 294 g/mol. The summed E-state index contributed by atoms with van der Waals surface area (Å²) in [6.07, 6.45) is 1.41. The number of carbonyl (C=O) groups excluding carboxylic acids is 1. The molecule has 2 aromatic rings. The van der Waals surface area contributed by atoms with E-state index in [9.17, 15) is 14.9 Å². The topological polar surface area (TPSA) is 101 Å². The molecule has 2 N–H and O–H groups in total. The van der Waals surface area contributed by atoms with Crippen LogP contribution in [0.2, 0.25) is 5.02 Å². The Morgan fingerprint density at radius 3 is 2.70 bits per heavy atom. The average molecular weight is 295 g/mol. The van der Waals surface area contributed by atoms with Crippen molar-refractivity contribution in [1.82, 2.24) is 10.2 Å². The Balaban J connectivity index is 2.31. The number of anilines is 1. The highest BCUT2D eigenvalue weighted by molar-refractivity contribution is 6.33. The quantitative estimate of drug-likeness (QED) is 0.671. The van der Waals surface area contributed by atoms with Crippen LogP contribution in [-0.4, -0.2) is 21.0 Å². The number of aromatic amines is 1. The zero-order valence-electron chi connectivity index (χ0n) is 10.7. The number of aromatic nitrogens is 2. The summed E-state index contributed by atoms with van der Waals surface area (Å²) < 4.78 is 0. The summed E-state index contributed by atoms with van der Waals surface area (Å²) in [6, 6.07) is 2.68. The van der Waals surface area contributed by atoms with Gasteiger partial charge in [-0.2, -0.15) is 5.10 Å². The molecule has 0 aliphatic rings. The SMILES string of the molecule is Cc1cc([N+](=O)[O-])c(Cl)cc1NC(=O)c1cn[nH]c1C. The number of carbonyl (C=O) groups is 1. The molecule has 0 saturated heterocycles. The normalized spacial score (nSPS) is 10.3. The highest BCUT2D eigenvalue weighted by atomic mass is 35.5. The molecule has 7 nitrogen and oxygen atoms in total. The molecular formula is C12H11ClN4O3. The minimum absolute atomic E-state index is 0.0279. The van der Waals surface area contributed by atoms with Crippen LogP contribution in [-0.2, 0) is 0 Å². The molecule has 0 spiro atoms. The van der Waals surface area contributed by atoms with Crippen LogP contribution >= 0.6 is 11.6 Å². The molecule has 0 atom stereocenters. The van der Waals surface area contributed by atoms with Gasteiger partial charge in [-0.15, -0.1) is 0 Å². The third kappa shape index (κ3) is 2.62. The molecular weight excluding hydrogens is 284 g/mol. The first-order valence-electron chi connectivity index (χ1n) is 5.66. The molecule has 0 aliphatic heterocycles. The van der Waals surface area contributed by atoms with Crippen molar-refractivity contribution < 1.29 is 9.72 Å². The van der Waals surface area contributed by atoms with Crippen molar-refractivity contribution >= 4 is 28.9 Å². The summed E-state index contributed by atoms with van der Waals surface area (Å²) in [7, 11) is 0. The van der Waals surface area contributed by atoms with Crippen molar-refractivity contribution in [2.24, 2.45) is 0 Å². The van der Waals surface area contributed by atoms with Crippen molar-refractivity contribution in [3.05, 3.63) is 50.3 Å². The van der Waals surface area contributed by atoms with Gasteiger partial charge in [0, 0.05) is 17.4 Å². The molecule has 1 aromatic carbocycles. The minimum atomic E-state index is -0.568. The highest BCUT2D eigenvalue weighted by Gasteiger charge is 2.17. The lowest BCUT2D eigenvalue weighted by molar-refractivity contribution is -0.384. The Kier molecular flexibility index (Phi) is 3.71. The van der Waals surface area contributed by atoms with Gasteiger partial charge in [-0.25, -0.2) is 0 Å². The molecule has 0 radical (unpaired) electrons. The summed E-state index contributed by atoms with van der Waals surface area (Å²) in [5.41, 5.74) is 1.82. The molecule has 104 valence electrons. The van der Waals surface area contributed by atoms with Crippen LogP contribution in [0, 0.1) is 24.0 Å². The lowest BCUT2D eigenvalue weighted by atomic mass is 10.1. The fourth-order valence-corrected chi connectivity index (χ4v) is 1.94. The molecule has 0 fully saturated rings. The number of rotatable bonds is 3. The van der Waals surface area contributed by atoms with Crippen LogP contribution in [0.25, 0.3) is 0 Å². The van der Waals surface area contributed by atoms with E-state index < -0.39 is 4.92 Å². The zero-order chi connectivity index (χ0) is 14.9. The summed E-state index contributed by atoms with van der Waals surface area (Å²) in [6.45, 7) is 3.37. The number of hydrogen-bond acceptors (Lipinski definition) is 4. The van der Waals surface area contributed by atoms with E-state index in [-0.39, 0.29) is 16.6 Å². The number of H-pyrrole nitrogens is 1. The third-order valence-corrected chi connectivity index (χ3v) is 3.12. The van der Waals surface area contributed by atoms with E-state index in [1.807, 2.05) is 0 Å². The van der Waals surface area contributed by atoms with Crippen LogP contribution in [0.15, 0.2) is 18.3 Å². The maximum absolute atomic E-state index is 12.0. The number of nitro groups is 1. The van der Waals surface area contributed by atoms with Crippen LogP contribution in [0.3, 0.4) is 0 Å². The molecule has 1 aromatic heterocycles. The lowest BCUT2D eigenvalue weighted by Gasteiger charge is -2.08. The van der Waals surface area contributed by atoms with Gasteiger partial charge in [0.2, 0.25) is 0 Å². The smallest absolute Gasteiger partial charge is 0.288 e. The summed E-state index contributed by atoms with van der Waals surface area (Å²) in [4.78, 5) is 22.2. The lowest BCUT2D eigenvalue weighted by Crippen LogP contribution is -2.13. The first-order valence-corrected chi connectivity index (χ1v) is 6.04. The Morgan fingerprint density at radius 1 is 1.45 bits per heavy atom. The highest BCUT2D eigenvalue weighted by Crippen LogP contribution is 2.30. The van der Waals surface area contributed by atoms with Crippen LogP contribution < -0.4 is 5.32 Å². The minimum Gasteiger partial charge on any atom is -0.322 e. The second-order valence-corrected chi connectivity index (χ2v) is 4.65. The Bertz CT molecular complexity index is 696. The van der Waals surface area contributed by atoms with E-state index in [4.69, 9.17) is 11.6 Å². The predicted molar refractivity (Wildman–Crippen MR) is 74.1 cm³/mol. The number of halogens is 1. The molecule has 20 heavy (non-hydrogen) atoms. The van der Waals surface area contributed by atoms with Crippen LogP contribution in [0.1, 0.15) is 21.6 Å². The summed E-state index contributed by atoms with van der Waals surface area (Å²) >= 11 is 5.82. The predicted octanol–water partition coefficient (Wildman–Crippen LogP) is 2.84. The van der Waals surface area contributed by atoms with E-state index >= 15 is 0 Å². The van der Waals surface area contributed by atoms with Gasteiger partial charge in [-0.05, 0) is 25.5 Å². The number of hydrogen-bond donors (Lipinski definition) is 2. The van der Waals surface area contributed by atoms with Gasteiger partial charge in [-0.3, -0.25) is 20.0 Å². The number of benzene rings is 1. The van der Waals surface area contributed by atoms with Gasteiger partial charge < -0.3 is 5.32 Å². The van der Waals surface area contributed by atoms with Crippen molar-refractivity contribution in [3.63, 3.8) is 0 Å². The zero-order valence-corrected chi connectivity index (χ0v) is 11.5. The van der Waals surface area contributed by atoms with Gasteiger partial charge in [-0.1, -0.05) is 11.6 Å². The number of nitrogens with zero attached hydrogens (tertiary/aromatic N) is 2.